The summed E-state index contributed by atoms with van der Waals surface area (Å²) in [5, 5.41) is 4.39. The summed E-state index contributed by atoms with van der Waals surface area (Å²) in [7, 11) is 0. The molecule has 13 aromatic rings. The lowest BCUT2D eigenvalue weighted by atomic mass is 9.87. The first-order valence-corrected chi connectivity index (χ1v) is 22.8. The molecule has 0 unspecified atom stereocenters. The molecule has 9 aromatic carbocycles. The second-order valence-corrected chi connectivity index (χ2v) is 17.0. The van der Waals surface area contributed by atoms with Gasteiger partial charge in [0.25, 0.3) is 0 Å². The molecule has 13 rings (SSSR count). The third kappa shape index (κ3) is 6.66. The Bertz CT molecular complexity index is 3880. The zero-order valence-electron chi connectivity index (χ0n) is 36.7. The SMILES string of the molecule is c1ccc(-c2nc(-c3ccccc3)nc(-c3cc(-c4c(-c5ccccc5)cccc4-c4ccccc4)cnc3-c3ccc4c(c3)oc3c4ccc4c5ccccc5n(-c5ccccc5)c43)n2)cc1. The molecule has 4 aromatic heterocycles. The number of hydrogen-bond donors (Lipinski definition) is 0. The van der Waals surface area contributed by atoms with E-state index in [1.807, 2.05) is 66.9 Å². The molecule has 6 heteroatoms. The number of rotatable bonds is 8. The summed E-state index contributed by atoms with van der Waals surface area (Å²) in [6.07, 6.45) is 2.00. The molecular weight excluding hydrogens is 831 g/mol. The van der Waals surface area contributed by atoms with Gasteiger partial charge in [-0.3, -0.25) is 4.98 Å². The van der Waals surface area contributed by atoms with E-state index in [9.17, 15) is 0 Å². The third-order valence-corrected chi connectivity index (χ3v) is 12.9. The number of pyridine rings is 1. The normalized spacial score (nSPS) is 11.5. The van der Waals surface area contributed by atoms with Crippen LogP contribution in [0.15, 0.2) is 241 Å². The van der Waals surface area contributed by atoms with Crippen LogP contribution in [0.25, 0.3) is 128 Å². The molecule has 0 fully saturated rings. The summed E-state index contributed by atoms with van der Waals surface area (Å²) in [5.74, 6) is 1.66. The van der Waals surface area contributed by atoms with Crippen molar-refractivity contribution in [2.45, 2.75) is 0 Å². The van der Waals surface area contributed by atoms with Gasteiger partial charge >= 0.3 is 0 Å². The molecule has 0 saturated heterocycles. The van der Waals surface area contributed by atoms with E-state index in [1.54, 1.807) is 0 Å². The first kappa shape index (κ1) is 39.1. The second kappa shape index (κ2) is 16.3. The Morgan fingerprint density at radius 3 is 1.51 bits per heavy atom. The van der Waals surface area contributed by atoms with Crippen LogP contribution in [0.3, 0.4) is 0 Å². The lowest BCUT2D eigenvalue weighted by Crippen LogP contribution is -2.02. The summed E-state index contributed by atoms with van der Waals surface area (Å²) < 4.78 is 9.37. The van der Waals surface area contributed by atoms with Gasteiger partial charge in [-0.2, -0.15) is 0 Å². The fourth-order valence-corrected chi connectivity index (χ4v) is 9.79. The van der Waals surface area contributed by atoms with Gasteiger partial charge in [-0.25, -0.2) is 15.0 Å². The Balaban J connectivity index is 1.07. The van der Waals surface area contributed by atoms with Crippen LogP contribution >= 0.6 is 0 Å². The van der Waals surface area contributed by atoms with Crippen molar-refractivity contribution in [3.05, 3.63) is 237 Å². The number of aromatic nitrogens is 5. The van der Waals surface area contributed by atoms with Crippen LogP contribution in [-0.2, 0) is 0 Å². The van der Waals surface area contributed by atoms with E-state index in [-0.39, 0.29) is 0 Å². The fraction of sp³-hybridized carbons (Fsp3) is 0. The minimum absolute atomic E-state index is 0.513. The van der Waals surface area contributed by atoms with Gasteiger partial charge in [0.15, 0.2) is 23.1 Å². The summed E-state index contributed by atoms with van der Waals surface area (Å²) in [6.45, 7) is 0. The average Bonchev–Trinajstić information content (AvgIpc) is 3.97. The molecule has 0 spiro atoms. The minimum atomic E-state index is 0.513. The molecule has 0 aliphatic rings. The maximum Gasteiger partial charge on any atom is 0.166 e. The molecule has 318 valence electrons. The minimum Gasteiger partial charge on any atom is -0.454 e. The van der Waals surface area contributed by atoms with Gasteiger partial charge in [0, 0.05) is 61.2 Å². The Labute approximate surface area is 392 Å². The van der Waals surface area contributed by atoms with E-state index in [0.717, 1.165) is 105 Å². The maximum atomic E-state index is 7.05. The summed E-state index contributed by atoms with van der Waals surface area (Å²) in [5.41, 5.74) is 15.4. The predicted octanol–water partition coefficient (Wildman–Crippen LogP) is 15.9. The number of furan rings is 1. The molecule has 0 amide bonds. The molecule has 6 nitrogen and oxygen atoms in total. The van der Waals surface area contributed by atoms with E-state index in [1.165, 1.54) is 5.39 Å². The van der Waals surface area contributed by atoms with Crippen molar-refractivity contribution in [2.24, 2.45) is 0 Å². The first-order chi connectivity index (χ1) is 33.7. The summed E-state index contributed by atoms with van der Waals surface area (Å²) >= 11 is 0. The molecule has 0 bridgehead atoms. The van der Waals surface area contributed by atoms with E-state index < -0.39 is 0 Å². The number of para-hydroxylation sites is 2. The first-order valence-electron chi connectivity index (χ1n) is 22.8. The second-order valence-electron chi connectivity index (χ2n) is 17.0. The van der Waals surface area contributed by atoms with Crippen LogP contribution < -0.4 is 0 Å². The quantitative estimate of drug-likeness (QED) is 0.152. The van der Waals surface area contributed by atoms with Gasteiger partial charge < -0.3 is 8.98 Å². The van der Waals surface area contributed by atoms with Crippen molar-refractivity contribution in [2.75, 3.05) is 0 Å². The van der Waals surface area contributed by atoms with E-state index in [4.69, 9.17) is 24.4 Å². The summed E-state index contributed by atoms with van der Waals surface area (Å²) in [4.78, 5) is 21.1. The van der Waals surface area contributed by atoms with Gasteiger partial charge in [0.1, 0.15) is 5.58 Å². The lowest BCUT2D eigenvalue weighted by molar-refractivity contribution is 0.671. The van der Waals surface area contributed by atoms with E-state index >= 15 is 0 Å². The zero-order valence-corrected chi connectivity index (χ0v) is 36.7. The van der Waals surface area contributed by atoms with Crippen molar-refractivity contribution in [3.8, 4) is 84.5 Å². The van der Waals surface area contributed by atoms with Gasteiger partial charge in [0.2, 0.25) is 0 Å². The monoisotopic (exact) mass is 869 g/mol. The molecule has 4 heterocycles. The largest absolute Gasteiger partial charge is 0.454 e. The number of hydrogen-bond acceptors (Lipinski definition) is 5. The fourth-order valence-electron chi connectivity index (χ4n) is 9.79. The van der Waals surface area contributed by atoms with Crippen LogP contribution in [-0.4, -0.2) is 24.5 Å². The van der Waals surface area contributed by atoms with Crippen LogP contribution in [0.4, 0.5) is 0 Å². The Hall–Kier alpha value is -9.26. The predicted molar refractivity (Wildman–Crippen MR) is 277 cm³/mol. The van der Waals surface area contributed by atoms with E-state index in [0.29, 0.717) is 17.5 Å². The highest BCUT2D eigenvalue weighted by atomic mass is 16.3. The van der Waals surface area contributed by atoms with Crippen LogP contribution in [0.5, 0.6) is 0 Å². The maximum absolute atomic E-state index is 7.05. The van der Waals surface area contributed by atoms with Gasteiger partial charge in [-0.15, -0.1) is 0 Å². The third-order valence-electron chi connectivity index (χ3n) is 12.9. The molecule has 0 N–H and O–H groups in total. The van der Waals surface area contributed by atoms with Crippen molar-refractivity contribution in [1.29, 1.82) is 0 Å². The molecule has 0 radical (unpaired) electrons. The Morgan fingerprint density at radius 1 is 0.353 bits per heavy atom. The zero-order chi connectivity index (χ0) is 45.0. The van der Waals surface area contributed by atoms with E-state index in [2.05, 4.69) is 174 Å². The van der Waals surface area contributed by atoms with Crippen molar-refractivity contribution in [3.63, 3.8) is 0 Å². The van der Waals surface area contributed by atoms with Crippen molar-refractivity contribution < 1.29 is 4.42 Å². The summed E-state index contributed by atoms with van der Waals surface area (Å²) in [6, 6.07) is 80.0. The smallest absolute Gasteiger partial charge is 0.166 e. The van der Waals surface area contributed by atoms with Gasteiger partial charge in [-0.1, -0.05) is 188 Å². The average molecular weight is 870 g/mol. The topological polar surface area (TPSA) is 69.6 Å². The number of benzene rings is 9. The standard InChI is InChI=1S/C62H39N5O/c1-6-19-40(20-7-1)47-30-18-31-48(41-21-8-2-9-22-41)56(47)45-37-53(62-65-60(42-23-10-3-11-24-42)64-61(66-62)43-25-12-4-13-26-43)57(63-39-45)44-33-34-50-52-36-35-51-49-29-16-17-32-54(49)67(46-27-14-5-15-28-46)58(51)59(52)68-55(50)38-44/h1-39H. The van der Waals surface area contributed by atoms with Gasteiger partial charge in [-0.05, 0) is 70.3 Å². The van der Waals surface area contributed by atoms with Gasteiger partial charge in [0.05, 0.1) is 16.7 Å². The van der Waals surface area contributed by atoms with Crippen molar-refractivity contribution >= 4 is 43.7 Å². The Morgan fingerprint density at radius 2 is 0.882 bits per heavy atom. The highest BCUT2D eigenvalue weighted by molar-refractivity contribution is 6.21. The highest BCUT2D eigenvalue weighted by Gasteiger charge is 2.23. The van der Waals surface area contributed by atoms with Crippen LogP contribution in [0.2, 0.25) is 0 Å². The number of fused-ring (bicyclic) bond motifs is 7. The van der Waals surface area contributed by atoms with Crippen LogP contribution in [0, 0.1) is 0 Å². The molecular formula is C62H39N5O. The van der Waals surface area contributed by atoms with Crippen molar-refractivity contribution in [1.82, 2.24) is 24.5 Å². The Kier molecular flexibility index (Phi) is 9.39. The molecule has 0 aliphatic carbocycles. The number of nitrogens with zero attached hydrogens (tertiary/aromatic N) is 5. The highest BCUT2D eigenvalue weighted by Crippen LogP contribution is 2.45. The molecule has 0 saturated carbocycles. The lowest BCUT2D eigenvalue weighted by Gasteiger charge is -2.18. The molecule has 68 heavy (non-hydrogen) atoms. The molecule has 0 atom stereocenters. The molecule has 0 aliphatic heterocycles. The van der Waals surface area contributed by atoms with Crippen LogP contribution in [0.1, 0.15) is 0 Å².